The third kappa shape index (κ3) is 33.3. The number of amides is 1. The lowest BCUT2D eigenvalue weighted by Crippen LogP contribution is -2.45. The number of nitrogens with two attached hydrogens (primary N) is 1. The van der Waals surface area contributed by atoms with Gasteiger partial charge in [0.05, 0.1) is 25.4 Å². The van der Waals surface area contributed by atoms with Crippen molar-refractivity contribution >= 4 is 13.7 Å². The predicted molar refractivity (Wildman–Crippen MR) is 198 cm³/mol. The highest BCUT2D eigenvalue weighted by Gasteiger charge is 2.26. The SMILES string of the molecule is CCCC/C=C\CCCCCCCC(=O)NC(COP(=O)(O)OCCN)C(O)/C=C/CCCCCCCCCCCCCCCCC. The summed E-state index contributed by atoms with van der Waals surface area (Å²) < 4.78 is 22.0. The Balaban J connectivity index is 4.28. The van der Waals surface area contributed by atoms with E-state index in [2.05, 4.69) is 31.3 Å². The number of hydrogen-bond donors (Lipinski definition) is 4. The van der Waals surface area contributed by atoms with Gasteiger partial charge >= 0.3 is 7.82 Å². The number of allylic oxidation sites excluding steroid dienone is 3. The molecule has 0 spiro atoms. The van der Waals surface area contributed by atoms with Crippen LogP contribution >= 0.6 is 7.82 Å². The molecule has 0 aliphatic heterocycles. The van der Waals surface area contributed by atoms with Crippen LogP contribution in [0.1, 0.15) is 181 Å². The maximum atomic E-state index is 12.7. The fourth-order valence-electron chi connectivity index (χ4n) is 5.52. The molecule has 0 saturated carbocycles. The normalized spacial score (nSPS) is 14.6. The second-order valence-corrected chi connectivity index (χ2v) is 14.6. The van der Waals surface area contributed by atoms with Gasteiger partial charge in [-0.25, -0.2) is 4.57 Å². The molecule has 0 aromatic heterocycles. The summed E-state index contributed by atoms with van der Waals surface area (Å²) in [7, 11) is -4.33. The van der Waals surface area contributed by atoms with E-state index in [4.69, 9.17) is 14.8 Å². The highest BCUT2D eigenvalue weighted by atomic mass is 31.2. The quantitative estimate of drug-likeness (QED) is 0.0293. The number of unbranched alkanes of at least 4 members (excludes halogenated alkanes) is 22. The molecule has 3 atom stereocenters. The van der Waals surface area contributed by atoms with E-state index in [1.807, 2.05) is 6.08 Å². The van der Waals surface area contributed by atoms with Gasteiger partial charge in [0.25, 0.3) is 0 Å². The predicted octanol–water partition coefficient (Wildman–Crippen LogP) is 10.2. The van der Waals surface area contributed by atoms with Gasteiger partial charge in [0.2, 0.25) is 5.91 Å². The van der Waals surface area contributed by atoms with E-state index in [1.54, 1.807) is 6.08 Å². The summed E-state index contributed by atoms with van der Waals surface area (Å²) in [6, 6.07) is -0.860. The lowest BCUT2D eigenvalue weighted by Gasteiger charge is -2.23. The zero-order chi connectivity index (χ0) is 34.7. The lowest BCUT2D eigenvalue weighted by molar-refractivity contribution is -0.123. The number of aliphatic hydroxyl groups is 1. The highest BCUT2D eigenvalue weighted by molar-refractivity contribution is 7.47. The van der Waals surface area contributed by atoms with Crippen molar-refractivity contribution in [3.05, 3.63) is 24.3 Å². The van der Waals surface area contributed by atoms with E-state index < -0.39 is 20.0 Å². The Hall–Kier alpha value is -1.02. The van der Waals surface area contributed by atoms with Gasteiger partial charge in [-0.2, -0.15) is 0 Å². The van der Waals surface area contributed by atoms with Gasteiger partial charge in [-0.1, -0.05) is 160 Å². The molecule has 0 rings (SSSR count). The van der Waals surface area contributed by atoms with Crippen molar-refractivity contribution in [1.29, 1.82) is 0 Å². The molecule has 278 valence electrons. The standard InChI is InChI=1S/C38H75N2O6P/c1-3-5-7-9-11-13-15-16-17-18-19-20-22-23-25-27-29-31-37(41)36(35-46-47(43,44)45-34-33-39)40-38(42)32-30-28-26-24-21-14-12-10-8-6-4-2/h10,12,29,31,36-37,41H,3-9,11,13-28,30,32-35,39H2,1-2H3,(H,40,42)(H,43,44)/b12-10-,31-29+. The van der Waals surface area contributed by atoms with Crippen LogP contribution in [0.25, 0.3) is 0 Å². The van der Waals surface area contributed by atoms with Crippen LogP contribution < -0.4 is 11.1 Å². The number of phosphoric acid groups is 1. The van der Waals surface area contributed by atoms with Crippen LogP contribution in [0.4, 0.5) is 0 Å². The number of carbonyl (C=O) groups excluding carboxylic acids is 1. The summed E-state index contributed by atoms with van der Waals surface area (Å²) in [6.07, 6.45) is 37.9. The van der Waals surface area contributed by atoms with Crippen molar-refractivity contribution in [3.63, 3.8) is 0 Å². The molecule has 0 aliphatic rings. The Morgan fingerprint density at radius 1 is 0.681 bits per heavy atom. The molecule has 1 amide bonds. The number of hydrogen-bond acceptors (Lipinski definition) is 6. The summed E-state index contributed by atoms with van der Waals surface area (Å²) >= 11 is 0. The van der Waals surface area contributed by atoms with Crippen molar-refractivity contribution < 1.29 is 28.4 Å². The number of phosphoric ester groups is 1. The maximum Gasteiger partial charge on any atom is 0.472 e. The molecule has 47 heavy (non-hydrogen) atoms. The van der Waals surface area contributed by atoms with Crippen LogP contribution in [0.5, 0.6) is 0 Å². The minimum absolute atomic E-state index is 0.0778. The number of rotatable bonds is 36. The topological polar surface area (TPSA) is 131 Å². The third-order valence-corrected chi connectivity index (χ3v) is 9.51. The van der Waals surface area contributed by atoms with E-state index in [0.717, 1.165) is 57.8 Å². The number of aliphatic hydroxyl groups excluding tert-OH is 1. The lowest BCUT2D eigenvalue weighted by atomic mass is 10.0. The second-order valence-electron chi connectivity index (χ2n) is 13.1. The van der Waals surface area contributed by atoms with Gasteiger partial charge in [-0.15, -0.1) is 0 Å². The Bertz CT molecular complexity index is 794. The van der Waals surface area contributed by atoms with Crippen LogP contribution in [0.3, 0.4) is 0 Å². The van der Waals surface area contributed by atoms with E-state index >= 15 is 0 Å². The Morgan fingerprint density at radius 2 is 1.13 bits per heavy atom. The van der Waals surface area contributed by atoms with Crippen molar-refractivity contribution in [2.24, 2.45) is 5.73 Å². The minimum Gasteiger partial charge on any atom is -0.387 e. The molecule has 0 bridgehead atoms. The van der Waals surface area contributed by atoms with Gasteiger partial charge < -0.3 is 21.1 Å². The minimum atomic E-state index is -4.33. The van der Waals surface area contributed by atoms with Gasteiger partial charge in [-0.3, -0.25) is 13.8 Å². The Labute approximate surface area is 289 Å². The average Bonchev–Trinajstić information content (AvgIpc) is 3.05. The summed E-state index contributed by atoms with van der Waals surface area (Å²) in [4.78, 5) is 22.6. The van der Waals surface area contributed by atoms with Crippen molar-refractivity contribution in [2.75, 3.05) is 19.8 Å². The smallest absolute Gasteiger partial charge is 0.387 e. The molecular weight excluding hydrogens is 611 g/mol. The van der Waals surface area contributed by atoms with Crippen LogP contribution in [0.15, 0.2) is 24.3 Å². The first-order valence-electron chi connectivity index (χ1n) is 19.5. The van der Waals surface area contributed by atoms with Gasteiger partial charge in [0.1, 0.15) is 0 Å². The molecular formula is C38H75N2O6P. The Morgan fingerprint density at radius 3 is 1.64 bits per heavy atom. The Kier molecular flexibility index (Phi) is 34.1. The summed E-state index contributed by atoms with van der Waals surface area (Å²) in [5.41, 5.74) is 5.35. The molecule has 0 aromatic carbocycles. The van der Waals surface area contributed by atoms with Crippen molar-refractivity contribution in [1.82, 2.24) is 5.32 Å². The van der Waals surface area contributed by atoms with Crippen LogP contribution in [-0.2, 0) is 18.4 Å². The largest absolute Gasteiger partial charge is 0.472 e. The highest BCUT2D eigenvalue weighted by Crippen LogP contribution is 2.43. The van der Waals surface area contributed by atoms with E-state index in [-0.39, 0.29) is 25.7 Å². The molecule has 8 nitrogen and oxygen atoms in total. The first kappa shape index (κ1) is 46.0. The molecule has 0 aromatic rings. The third-order valence-electron chi connectivity index (χ3n) is 8.52. The fraction of sp³-hybridized carbons (Fsp3) is 0.868. The van der Waals surface area contributed by atoms with E-state index in [0.29, 0.717) is 6.42 Å². The second kappa shape index (κ2) is 34.8. The molecule has 0 fully saturated rings. The molecule has 0 aliphatic carbocycles. The fourth-order valence-corrected chi connectivity index (χ4v) is 6.28. The summed E-state index contributed by atoms with van der Waals surface area (Å²) in [6.45, 7) is 4.08. The van der Waals surface area contributed by atoms with Gasteiger partial charge in [-0.05, 0) is 38.5 Å². The molecule has 0 saturated heterocycles. The van der Waals surface area contributed by atoms with Crippen LogP contribution in [-0.4, -0.2) is 47.8 Å². The molecule has 0 heterocycles. The average molecular weight is 687 g/mol. The number of carbonyl (C=O) groups is 1. The van der Waals surface area contributed by atoms with Gasteiger partial charge in [0, 0.05) is 13.0 Å². The van der Waals surface area contributed by atoms with Gasteiger partial charge in [0.15, 0.2) is 0 Å². The zero-order valence-electron chi connectivity index (χ0n) is 30.5. The summed E-state index contributed by atoms with van der Waals surface area (Å²) in [5, 5.41) is 13.6. The monoisotopic (exact) mass is 687 g/mol. The van der Waals surface area contributed by atoms with Crippen LogP contribution in [0.2, 0.25) is 0 Å². The van der Waals surface area contributed by atoms with Crippen molar-refractivity contribution in [3.8, 4) is 0 Å². The number of nitrogens with one attached hydrogen (secondary N) is 1. The molecule has 9 heteroatoms. The van der Waals surface area contributed by atoms with Crippen LogP contribution in [0, 0.1) is 0 Å². The molecule has 0 radical (unpaired) electrons. The maximum absolute atomic E-state index is 12.7. The zero-order valence-corrected chi connectivity index (χ0v) is 31.4. The molecule has 3 unspecified atom stereocenters. The first-order valence-corrected chi connectivity index (χ1v) is 21.0. The van der Waals surface area contributed by atoms with E-state index in [9.17, 15) is 19.4 Å². The first-order chi connectivity index (χ1) is 22.9. The summed E-state index contributed by atoms with van der Waals surface area (Å²) in [5.74, 6) is -0.206. The van der Waals surface area contributed by atoms with Crippen molar-refractivity contribution in [2.45, 2.75) is 193 Å². The van der Waals surface area contributed by atoms with E-state index in [1.165, 1.54) is 103 Å². The molecule has 5 N–H and O–H groups in total.